The van der Waals surface area contributed by atoms with Crippen molar-refractivity contribution in [1.29, 1.82) is 0 Å². The number of benzene rings is 2. The minimum absolute atomic E-state index is 0.0463. The van der Waals surface area contributed by atoms with Gasteiger partial charge in [0.25, 0.3) is 5.91 Å². The predicted octanol–water partition coefficient (Wildman–Crippen LogP) is 2.77. The summed E-state index contributed by atoms with van der Waals surface area (Å²) in [6, 6.07) is 20.5. The van der Waals surface area contributed by atoms with Gasteiger partial charge in [0.15, 0.2) is 5.96 Å². The van der Waals surface area contributed by atoms with Crippen LogP contribution in [-0.2, 0) is 21.4 Å². The molecule has 0 atom stereocenters. The molecular formula is C22H25N5O3S. The summed E-state index contributed by atoms with van der Waals surface area (Å²) in [5.41, 5.74) is 14.6. The Morgan fingerprint density at radius 1 is 0.935 bits per heavy atom. The van der Waals surface area contributed by atoms with Gasteiger partial charge in [0, 0.05) is 17.1 Å². The highest BCUT2D eigenvalue weighted by molar-refractivity contribution is 7.92. The summed E-state index contributed by atoms with van der Waals surface area (Å²) >= 11 is 0. The molecule has 0 aliphatic heterocycles. The monoisotopic (exact) mass is 439 g/mol. The Morgan fingerprint density at radius 3 is 2.06 bits per heavy atom. The van der Waals surface area contributed by atoms with Crippen molar-refractivity contribution in [3.8, 4) is 22.5 Å². The smallest absolute Gasteiger partial charge is 0.268 e. The predicted molar refractivity (Wildman–Crippen MR) is 124 cm³/mol. The summed E-state index contributed by atoms with van der Waals surface area (Å²) in [6.45, 7) is 1.76. The Labute approximate surface area is 181 Å². The Bertz CT molecular complexity index is 1180. The number of carbonyl (C=O) groups is 1. The molecule has 1 amide bonds. The maximum absolute atomic E-state index is 12.3. The topological polar surface area (TPSA) is 133 Å². The summed E-state index contributed by atoms with van der Waals surface area (Å²) in [5.74, 6) is -0.701. The van der Waals surface area contributed by atoms with Crippen molar-refractivity contribution in [1.82, 2.24) is 4.57 Å². The highest BCUT2D eigenvalue weighted by atomic mass is 32.2. The average Bonchev–Trinajstić information content (AvgIpc) is 3.11. The lowest BCUT2D eigenvalue weighted by atomic mass is 10.1. The van der Waals surface area contributed by atoms with Crippen LogP contribution >= 0.6 is 0 Å². The molecule has 5 N–H and O–H groups in total. The summed E-state index contributed by atoms with van der Waals surface area (Å²) in [6.07, 6.45) is 0.535. The van der Waals surface area contributed by atoms with E-state index in [2.05, 4.69) is 9.71 Å². The number of hydrogen-bond acceptors (Lipinski definition) is 3. The van der Waals surface area contributed by atoms with Gasteiger partial charge < -0.3 is 16.0 Å². The Hall–Kier alpha value is -3.59. The van der Waals surface area contributed by atoms with Gasteiger partial charge in [0.1, 0.15) is 6.54 Å². The lowest BCUT2D eigenvalue weighted by Crippen LogP contribution is -2.25. The molecule has 0 aliphatic carbocycles. The lowest BCUT2D eigenvalue weighted by molar-refractivity contribution is -0.118. The minimum Gasteiger partial charge on any atom is -0.370 e. The standard InChI is InChI=1S/C22H25N5O3S/c1-2-14-31(29,30)26-18-10-8-17(9-11-18)20-13-12-19(16-6-4-3-5-7-16)27(20)15-21(28)25-22(23)24/h3-13,26H,2,14-15H2,1H3,(H4,23,24,25,28). The molecule has 3 aromatic rings. The van der Waals surface area contributed by atoms with Crippen LogP contribution in [0.5, 0.6) is 0 Å². The summed E-state index contributed by atoms with van der Waals surface area (Å²) < 4.78 is 28.4. The quantitative estimate of drug-likeness (QED) is 0.367. The second kappa shape index (κ2) is 9.48. The van der Waals surface area contributed by atoms with Gasteiger partial charge in [-0.1, -0.05) is 49.4 Å². The van der Waals surface area contributed by atoms with Gasteiger partial charge in [0.05, 0.1) is 5.75 Å². The van der Waals surface area contributed by atoms with E-state index in [0.29, 0.717) is 12.1 Å². The molecule has 0 aliphatic rings. The molecule has 9 heteroatoms. The molecule has 1 aromatic heterocycles. The van der Waals surface area contributed by atoms with Crippen LogP contribution < -0.4 is 16.2 Å². The van der Waals surface area contributed by atoms with E-state index in [0.717, 1.165) is 22.5 Å². The van der Waals surface area contributed by atoms with Gasteiger partial charge in [-0.15, -0.1) is 0 Å². The number of sulfonamides is 1. The molecule has 1 heterocycles. The number of hydrogen-bond donors (Lipinski definition) is 3. The maximum atomic E-state index is 12.3. The zero-order chi connectivity index (χ0) is 22.4. The second-order valence-corrected chi connectivity index (χ2v) is 8.83. The second-order valence-electron chi connectivity index (χ2n) is 6.98. The van der Waals surface area contributed by atoms with Crippen LogP contribution in [0.3, 0.4) is 0 Å². The molecule has 2 aromatic carbocycles. The van der Waals surface area contributed by atoms with Gasteiger partial charge in [-0.05, 0) is 41.8 Å². The van der Waals surface area contributed by atoms with Crippen molar-refractivity contribution in [2.24, 2.45) is 16.5 Å². The van der Waals surface area contributed by atoms with E-state index in [4.69, 9.17) is 11.5 Å². The lowest BCUT2D eigenvalue weighted by Gasteiger charge is -2.13. The van der Waals surface area contributed by atoms with Crippen LogP contribution in [0.15, 0.2) is 71.7 Å². The van der Waals surface area contributed by atoms with Gasteiger partial charge in [0.2, 0.25) is 10.0 Å². The fraction of sp³-hybridized carbons (Fsp3) is 0.182. The number of anilines is 1. The fourth-order valence-electron chi connectivity index (χ4n) is 3.27. The minimum atomic E-state index is -3.37. The summed E-state index contributed by atoms with van der Waals surface area (Å²) in [4.78, 5) is 15.9. The zero-order valence-corrected chi connectivity index (χ0v) is 18.0. The Morgan fingerprint density at radius 2 is 1.52 bits per heavy atom. The molecular weight excluding hydrogens is 414 g/mol. The van der Waals surface area contributed by atoms with E-state index >= 15 is 0 Å². The van der Waals surface area contributed by atoms with Gasteiger partial charge in [-0.2, -0.15) is 4.99 Å². The van der Waals surface area contributed by atoms with Crippen LogP contribution in [0.1, 0.15) is 13.3 Å². The van der Waals surface area contributed by atoms with E-state index in [1.54, 1.807) is 24.3 Å². The highest BCUT2D eigenvalue weighted by Crippen LogP contribution is 2.30. The van der Waals surface area contributed by atoms with Crippen molar-refractivity contribution in [2.75, 3.05) is 10.5 Å². The zero-order valence-electron chi connectivity index (χ0n) is 17.2. The number of aromatic nitrogens is 1. The number of nitrogens with zero attached hydrogens (tertiary/aromatic N) is 2. The van der Waals surface area contributed by atoms with E-state index in [9.17, 15) is 13.2 Å². The first kappa shape index (κ1) is 22.1. The van der Waals surface area contributed by atoms with Crippen LogP contribution in [0, 0.1) is 0 Å². The first-order chi connectivity index (χ1) is 14.8. The normalized spacial score (nSPS) is 11.1. The molecule has 0 spiro atoms. The molecule has 31 heavy (non-hydrogen) atoms. The number of aliphatic imine (C=N–C) groups is 1. The van der Waals surface area contributed by atoms with E-state index in [-0.39, 0.29) is 18.3 Å². The molecule has 0 unspecified atom stereocenters. The Kier molecular flexibility index (Phi) is 6.76. The van der Waals surface area contributed by atoms with Crippen molar-refractivity contribution < 1.29 is 13.2 Å². The SMILES string of the molecule is CCCS(=O)(=O)Nc1ccc(-c2ccc(-c3ccccc3)n2CC(=O)N=C(N)N)cc1. The number of nitrogens with two attached hydrogens (primary N) is 2. The van der Waals surface area contributed by atoms with Crippen molar-refractivity contribution in [2.45, 2.75) is 19.9 Å². The molecule has 162 valence electrons. The molecule has 0 fully saturated rings. The molecule has 3 rings (SSSR count). The highest BCUT2D eigenvalue weighted by Gasteiger charge is 2.15. The molecule has 0 saturated heterocycles. The summed E-state index contributed by atoms with van der Waals surface area (Å²) in [5, 5.41) is 0. The molecule has 0 radical (unpaired) electrons. The largest absolute Gasteiger partial charge is 0.370 e. The number of carbonyl (C=O) groups excluding carboxylic acids is 1. The number of guanidine groups is 1. The van der Waals surface area contributed by atoms with Crippen LogP contribution in [0.25, 0.3) is 22.5 Å². The van der Waals surface area contributed by atoms with Crippen molar-refractivity contribution >= 4 is 27.6 Å². The number of amides is 1. The van der Waals surface area contributed by atoms with Crippen LogP contribution in [0.4, 0.5) is 5.69 Å². The van der Waals surface area contributed by atoms with Crippen molar-refractivity contribution in [3.05, 3.63) is 66.7 Å². The van der Waals surface area contributed by atoms with E-state index in [1.807, 2.05) is 54.0 Å². The maximum Gasteiger partial charge on any atom is 0.268 e. The molecule has 8 nitrogen and oxygen atoms in total. The number of rotatable bonds is 8. The van der Waals surface area contributed by atoms with Gasteiger partial charge in [-0.25, -0.2) is 8.42 Å². The third-order valence-electron chi connectivity index (χ3n) is 4.52. The third kappa shape index (κ3) is 5.73. The summed E-state index contributed by atoms with van der Waals surface area (Å²) in [7, 11) is -3.37. The number of nitrogens with one attached hydrogen (secondary N) is 1. The molecule has 0 bridgehead atoms. The van der Waals surface area contributed by atoms with Crippen LogP contribution in [0.2, 0.25) is 0 Å². The third-order valence-corrected chi connectivity index (χ3v) is 6.02. The average molecular weight is 440 g/mol. The van der Waals surface area contributed by atoms with Gasteiger partial charge >= 0.3 is 0 Å². The van der Waals surface area contributed by atoms with Crippen LogP contribution in [-0.4, -0.2) is 30.6 Å². The van der Waals surface area contributed by atoms with E-state index < -0.39 is 15.9 Å². The molecule has 0 saturated carbocycles. The first-order valence-electron chi connectivity index (χ1n) is 9.77. The fourth-order valence-corrected chi connectivity index (χ4v) is 4.41. The van der Waals surface area contributed by atoms with E-state index in [1.165, 1.54) is 0 Å². The first-order valence-corrected chi connectivity index (χ1v) is 11.4. The Balaban J connectivity index is 1.98. The van der Waals surface area contributed by atoms with Crippen molar-refractivity contribution in [3.63, 3.8) is 0 Å². The van der Waals surface area contributed by atoms with Gasteiger partial charge in [-0.3, -0.25) is 9.52 Å².